The number of benzene rings is 4. The van der Waals surface area contributed by atoms with E-state index in [1.165, 1.54) is 0 Å². The smallest absolute Gasteiger partial charge is 0.186 e. The summed E-state index contributed by atoms with van der Waals surface area (Å²) in [5, 5.41) is 2.12. The summed E-state index contributed by atoms with van der Waals surface area (Å²) in [5.41, 5.74) is 1.78. The maximum absolute atomic E-state index is 13.2. The summed E-state index contributed by atoms with van der Waals surface area (Å²) in [6, 6.07) is 28.4. The van der Waals surface area contributed by atoms with Crippen LogP contribution in [-0.2, 0) is 22.2 Å². The molecule has 4 aromatic rings. The van der Waals surface area contributed by atoms with Crippen LogP contribution in [0, 0.1) is 3.57 Å². The average Bonchev–Trinajstić information content (AvgIpc) is 2.73. The Balaban J connectivity index is 1.60. The summed E-state index contributed by atoms with van der Waals surface area (Å²) >= 11 is 2.25. The molecule has 0 unspecified atom stereocenters. The van der Waals surface area contributed by atoms with E-state index < -0.39 is 9.84 Å². The van der Waals surface area contributed by atoms with Crippen LogP contribution in [0.15, 0.2) is 95.9 Å². The predicted molar refractivity (Wildman–Crippen MR) is 125 cm³/mol. The van der Waals surface area contributed by atoms with Gasteiger partial charge in [0.05, 0.1) is 5.75 Å². The van der Waals surface area contributed by atoms with Gasteiger partial charge in [0.1, 0.15) is 17.3 Å². The molecule has 3 nitrogen and oxygen atoms in total. The normalized spacial score (nSPS) is 11.5. The van der Waals surface area contributed by atoms with Crippen molar-refractivity contribution in [1.82, 2.24) is 0 Å². The van der Waals surface area contributed by atoms with Crippen molar-refractivity contribution >= 4 is 43.2 Å². The Morgan fingerprint density at radius 3 is 2.28 bits per heavy atom. The van der Waals surface area contributed by atoms with Gasteiger partial charge in [-0.2, -0.15) is 0 Å². The highest BCUT2D eigenvalue weighted by molar-refractivity contribution is 14.1. The van der Waals surface area contributed by atoms with Gasteiger partial charge in [-0.3, -0.25) is 0 Å². The molecule has 0 saturated carbocycles. The third-order valence-electron chi connectivity index (χ3n) is 4.70. The van der Waals surface area contributed by atoms with Crippen LogP contribution in [-0.4, -0.2) is 8.42 Å². The zero-order valence-electron chi connectivity index (χ0n) is 15.6. The molecule has 0 fully saturated rings. The Bertz CT molecular complexity index is 1270. The molecule has 0 aliphatic carbocycles. The van der Waals surface area contributed by atoms with Gasteiger partial charge in [-0.15, -0.1) is 0 Å². The molecule has 29 heavy (non-hydrogen) atoms. The molecule has 0 atom stereocenters. The minimum absolute atomic E-state index is 0.0684. The third-order valence-corrected chi connectivity index (χ3v) is 7.47. The van der Waals surface area contributed by atoms with Gasteiger partial charge in [0, 0.05) is 9.13 Å². The van der Waals surface area contributed by atoms with E-state index in [0.717, 1.165) is 25.5 Å². The van der Waals surface area contributed by atoms with Gasteiger partial charge in [0.2, 0.25) is 0 Å². The quantitative estimate of drug-likeness (QED) is 0.297. The molecule has 0 bridgehead atoms. The highest BCUT2D eigenvalue weighted by Crippen LogP contribution is 2.28. The Kier molecular flexibility index (Phi) is 5.87. The maximum Gasteiger partial charge on any atom is 0.186 e. The number of rotatable bonds is 6. The van der Waals surface area contributed by atoms with Crippen molar-refractivity contribution in [3.8, 4) is 5.75 Å². The number of ether oxygens (including phenoxy) is 1. The number of fused-ring (bicyclic) bond motifs is 1. The highest BCUT2D eigenvalue weighted by atomic mass is 127. The van der Waals surface area contributed by atoms with Crippen molar-refractivity contribution in [2.45, 2.75) is 17.3 Å². The lowest BCUT2D eigenvalue weighted by atomic mass is 10.1. The first-order valence-electron chi connectivity index (χ1n) is 9.19. The van der Waals surface area contributed by atoms with Crippen LogP contribution >= 0.6 is 22.6 Å². The molecule has 0 heterocycles. The average molecular weight is 514 g/mol. The number of sulfone groups is 1. The number of hydrogen-bond donors (Lipinski definition) is 0. The van der Waals surface area contributed by atoms with Gasteiger partial charge in [0.15, 0.2) is 9.84 Å². The second-order valence-corrected chi connectivity index (χ2v) is 9.89. The minimum atomic E-state index is -3.55. The number of para-hydroxylation sites is 1. The summed E-state index contributed by atoms with van der Waals surface area (Å²) in [4.78, 5) is 0.221. The molecule has 0 aliphatic rings. The first-order chi connectivity index (χ1) is 14.0. The van der Waals surface area contributed by atoms with Crippen molar-refractivity contribution in [3.05, 3.63) is 106 Å². The Morgan fingerprint density at radius 2 is 1.45 bits per heavy atom. The lowest BCUT2D eigenvalue weighted by Gasteiger charge is -2.13. The van der Waals surface area contributed by atoms with Crippen LogP contribution in [0.4, 0.5) is 0 Å². The van der Waals surface area contributed by atoms with E-state index in [1.807, 2.05) is 66.7 Å². The fourth-order valence-electron chi connectivity index (χ4n) is 3.22. The summed E-state index contributed by atoms with van der Waals surface area (Å²) in [7, 11) is -3.55. The van der Waals surface area contributed by atoms with Gasteiger partial charge < -0.3 is 4.74 Å². The van der Waals surface area contributed by atoms with Gasteiger partial charge in [-0.1, -0.05) is 72.8 Å². The van der Waals surface area contributed by atoms with Gasteiger partial charge in [-0.05, 0) is 57.1 Å². The second kappa shape index (κ2) is 8.55. The SMILES string of the molecule is O=S(=O)(Cc1ccc2ccccc2c1)c1ccccc1OCc1ccccc1I. The molecule has 0 aliphatic heterocycles. The molecule has 0 spiro atoms. The van der Waals surface area contributed by atoms with E-state index in [4.69, 9.17) is 4.74 Å². The summed E-state index contributed by atoms with van der Waals surface area (Å²) in [6.07, 6.45) is 0. The molecule has 146 valence electrons. The first-order valence-corrected chi connectivity index (χ1v) is 11.9. The van der Waals surface area contributed by atoms with Gasteiger partial charge >= 0.3 is 0 Å². The van der Waals surface area contributed by atoms with Crippen molar-refractivity contribution in [1.29, 1.82) is 0 Å². The molecule has 4 rings (SSSR count). The summed E-state index contributed by atoms with van der Waals surface area (Å²) in [6.45, 7) is 0.321. The monoisotopic (exact) mass is 514 g/mol. The van der Waals surface area contributed by atoms with Crippen LogP contribution in [0.5, 0.6) is 5.75 Å². The molecule has 0 radical (unpaired) electrons. The molecule has 5 heteroatoms. The standard InChI is InChI=1S/C24H19IO3S/c25-22-10-4-3-9-21(22)16-28-23-11-5-6-12-24(23)29(26,27)17-18-13-14-19-7-1-2-8-20(19)15-18/h1-15H,16-17H2. The zero-order valence-corrected chi connectivity index (χ0v) is 18.6. The van der Waals surface area contributed by atoms with Crippen LogP contribution in [0.25, 0.3) is 10.8 Å². The first kappa shape index (κ1) is 19.9. The molecule has 0 aromatic heterocycles. The van der Waals surface area contributed by atoms with E-state index in [0.29, 0.717) is 12.4 Å². The summed E-state index contributed by atoms with van der Waals surface area (Å²) in [5.74, 6) is 0.314. The van der Waals surface area contributed by atoms with Gasteiger partial charge in [0.25, 0.3) is 0 Å². The minimum Gasteiger partial charge on any atom is -0.488 e. The fourth-order valence-corrected chi connectivity index (χ4v) is 5.26. The van der Waals surface area contributed by atoms with Crippen LogP contribution in [0.3, 0.4) is 0 Å². The zero-order chi connectivity index (χ0) is 20.3. The Morgan fingerprint density at radius 1 is 0.759 bits per heavy atom. The fraction of sp³-hybridized carbons (Fsp3) is 0.0833. The van der Waals surface area contributed by atoms with Crippen molar-refractivity contribution < 1.29 is 13.2 Å². The maximum atomic E-state index is 13.2. The van der Waals surface area contributed by atoms with E-state index in [-0.39, 0.29) is 10.6 Å². The summed E-state index contributed by atoms with van der Waals surface area (Å²) < 4.78 is 33.3. The lowest BCUT2D eigenvalue weighted by molar-refractivity contribution is 0.297. The highest BCUT2D eigenvalue weighted by Gasteiger charge is 2.20. The number of hydrogen-bond acceptors (Lipinski definition) is 3. The van der Waals surface area contributed by atoms with Gasteiger partial charge in [-0.25, -0.2) is 8.42 Å². The molecule has 0 N–H and O–H groups in total. The van der Waals surface area contributed by atoms with E-state index in [9.17, 15) is 8.42 Å². The van der Waals surface area contributed by atoms with Crippen molar-refractivity contribution in [2.75, 3.05) is 0 Å². The van der Waals surface area contributed by atoms with Crippen molar-refractivity contribution in [2.24, 2.45) is 0 Å². The predicted octanol–water partition coefficient (Wildman–Crippen LogP) is 6.00. The molecule has 0 saturated heterocycles. The molecule has 0 amide bonds. The molecule has 4 aromatic carbocycles. The largest absolute Gasteiger partial charge is 0.488 e. The molecular weight excluding hydrogens is 495 g/mol. The number of halogens is 1. The molecular formula is C24H19IO3S. The van der Waals surface area contributed by atoms with E-state index in [1.54, 1.807) is 24.3 Å². The van der Waals surface area contributed by atoms with E-state index in [2.05, 4.69) is 22.6 Å². The van der Waals surface area contributed by atoms with Crippen LogP contribution in [0.1, 0.15) is 11.1 Å². The third kappa shape index (κ3) is 4.62. The van der Waals surface area contributed by atoms with Crippen molar-refractivity contribution in [3.63, 3.8) is 0 Å². The Hall–Kier alpha value is -2.38. The van der Waals surface area contributed by atoms with Crippen LogP contribution < -0.4 is 4.74 Å². The Labute approximate surface area is 184 Å². The second-order valence-electron chi connectivity index (χ2n) is 6.77. The van der Waals surface area contributed by atoms with E-state index >= 15 is 0 Å². The van der Waals surface area contributed by atoms with Crippen LogP contribution in [0.2, 0.25) is 0 Å². The lowest BCUT2D eigenvalue weighted by Crippen LogP contribution is -2.08. The topological polar surface area (TPSA) is 43.4 Å².